The van der Waals surface area contributed by atoms with Crippen molar-refractivity contribution in [3.8, 4) is 11.5 Å². The lowest BCUT2D eigenvalue weighted by atomic mass is 9.79. The highest BCUT2D eigenvalue weighted by molar-refractivity contribution is 6.01. The first-order chi connectivity index (χ1) is 14.6. The number of Topliss-reactive ketones (excluding diaryl/α,β-unsaturated/α-hetero) is 1. The van der Waals surface area contributed by atoms with Gasteiger partial charge >= 0.3 is 17.9 Å². The molecule has 0 aromatic heterocycles. The molecule has 1 atom stereocenters. The van der Waals surface area contributed by atoms with Crippen LogP contribution >= 0.6 is 0 Å². The van der Waals surface area contributed by atoms with Crippen LogP contribution in [-0.2, 0) is 9.59 Å². The summed E-state index contributed by atoms with van der Waals surface area (Å²) in [6, 6.07) is 7.56. The molecule has 0 heterocycles. The fourth-order valence-corrected chi connectivity index (χ4v) is 3.66. The minimum Gasteiger partial charge on any atom is -0.507 e. The number of phenols is 2. The van der Waals surface area contributed by atoms with Gasteiger partial charge in [-0.15, -0.1) is 0 Å². The van der Waals surface area contributed by atoms with Crippen LogP contribution in [0.5, 0.6) is 11.5 Å². The number of aliphatic carboxylic acids is 1. The molecule has 9 heteroatoms. The van der Waals surface area contributed by atoms with E-state index in [0.717, 1.165) is 0 Å². The molecule has 0 unspecified atom stereocenters. The number of ketones is 1. The number of hydrogen-bond acceptors (Lipinski definition) is 6. The van der Waals surface area contributed by atoms with Crippen molar-refractivity contribution in [2.75, 3.05) is 0 Å². The van der Waals surface area contributed by atoms with E-state index in [1.807, 2.05) is 0 Å². The van der Waals surface area contributed by atoms with Gasteiger partial charge in [0.1, 0.15) is 34.3 Å². The number of aromatic carboxylic acids is 2. The topological polar surface area (TPSA) is 169 Å². The number of carbonyl (C=O) groups excluding carboxylic acids is 1. The Bertz CT molecular complexity index is 1080. The predicted octanol–water partition coefficient (Wildman–Crippen LogP) is 2.75. The van der Waals surface area contributed by atoms with Crippen molar-refractivity contribution in [1.82, 2.24) is 0 Å². The van der Waals surface area contributed by atoms with Gasteiger partial charge in [0.2, 0.25) is 0 Å². The van der Waals surface area contributed by atoms with Gasteiger partial charge in [0, 0.05) is 6.42 Å². The van der Waals surface area contributed by atoms with Gasteiger partial charge in [0.05, 0.1) is 0 Å². The Morgan fingerprint density at radius 2 is 1.26 bits per heavy atom. The largest absolute Gasteiger partial charge is 0.507 e. The molecule has 1 saturated carbocycles. The Hall–Kier alpha value is -4.14. The van der Waals surface area contributed by atoms with Gasteiger partial charge in [0.15, 0.2) is 0 Å². The van der Waals surface area contributed by atoms with Gasteiger partial charge in [0.25, 0.3) is 0 Å². The third-order valence-corrected chi connectivity index (χ3v) is 5.20. The second-order valence-electron chi connectivity index (χ2n) is 7.11. The van der Waals surface area contributed by atoms with Gasteiger partial charge in [-0.2, -0.15) is 0 Å². The molecule has 31 heavy (non-hydrogen) atoms. The minimum atomic E-state index is -1.39. The standard InChI is InChI=1S/C22H18O9/c23-16-4-1-10(7-13(16)20(26)27)19(11-2-5-17(24)14(8-11)21(28)29)12-3-6-18(25)15(9-12)22(30)31/h1-2,4-5,7-8,15,23-24H,3,6,9H2,(H,26,27)(H,28,29)(H,30,31)/t15-/m0/s1. The fraction of sp³-hybridized carbons (Fsp3) is 0.182. The molecular weight excluding hydrogens is 408 g/mol. The van der Waals surface area contributed by atoms with Crippen molar-refractivity contribution < 1.29 is 44.7 Å². The van der Waals surface area contributed by atoms with Gasteiger partial charge in [-0.1, -0.05) is 17.7 Å². The summed E-state index contributed by atoms with van der Waals surface area (Å²) in [4.78, 5) is 46.5. The Kier molecular flexibility index (Phi) is 5.78. The summed E-state index contributed by atoms with van der Waals surface area (Å²) in [6.45, 7) is 0. The maximum Gasteiger partial charge on any atom is 0.339 e. The van der Waals surface area contributed by atoms with E-state index < -0.39 is 52.2 Å². The number of carboxylic acid groups (broad SMARTS) is 3. The van der Waals surface area contributed by atoms with Gasteiger partial charge in [-0.3, -0.25) is 9.59 Å². The van der Waals surface area contributed by atoms with Gasteiger partial charge in [-0.25, -0.2) is 9.59 Å². The molecule has 160 valence electrons. The molecule has 2 aromatic rings. The maximum absolute atomic E-state index is 12.0. The van der Waals surface area contributed by atoms with E-state index >= 15 is 0 Å². The number of hydrogen-bond donors (Lipinski definition) is 5. The second kappa shape index (κ2) is 8.31. The van der Waals surface area contributed by atoms with Crippen LogP contribution in [-0.4, -0.2) is 49.2 Å². The number of aromatic hydroxyl groups is 2. The van der Waals surface area contributed by atoms with E-state index in [4.69, 9.17) is 0 Å². The molecule has 0 aliphatic heterocycles. The molecule has 1 fully saturated rings. The first-order valence-corrected chi connectivity index (χ1v) is 9.21. The van der Waals surface area contributed by atoms with Gasteiger partial charge < -0.3 is 25.5 Å². The van der Waals surface area contributed by atoms with E-state index in [0.29, 0.717) is 22.3 Å². The Morgan fingerprint density at radius 3 is 1.68 bits per heavy atom. The molecule has 0 amide bonds. The van der Waals surface area contributed by atoms with E-state index in [9.17, 15) is 44.7 Å². The molecule has 2 aromatic carbocycles. The first kappa shape index (κ1) is 21.6. The number of carbonyl (C=O) groups is 4. The highest BCUT2D eigenvalue weighted by atomic mass is 16.4. The van der Waals surface area contributed by atoms with Crippen LogP contribution in [0.15, 0.2) is 42.0 Å². The molecule has 9 nitrogen and oxygen atoms in total. The Morgan fingerprint density at radius 1 is 0.774 bits per heavy atom. The van der Waals surface area contributed by atoms with Crippen LogP contribution in [0.2, 0.25) is 0 Å². The van der Waals surface area contributed by atoms with E-state index in [1.54, 1.807) is 0 Å². The van der Waals surface area contributed by atoms with Crippen molar-refractivity contribution in [2.45, 2.75) is 19.3 Å². The molecule has 0 radical (unpaired) electrons. The fourth-order valence-electron chi connectivity index (χ4n) is 3.66. The average Bonchev–Trinajstić information content (AvgIpc) is 2.71. The third kappa shape index (κ3) is 4.25. The third-order valence-electron chi connectivity index (χ3n) is 5.20. The number of allylic oxidation sites excluding steroid dienone is 1. The van der Waals surface area contributed by atoms with Crippen molar-refractivity contribution in [3.05, 3.63) is 64.2 Å². The van der Waals surface area contributed by atoms with E-state index in [1.165, 1.54) is 36.4 Å². The van der Waals surface area contributed by atoms with Crippen molar-refractivity contribution in [3.63, 3.8) is 0 Å². The zero-order valence-electron chi connectivity index (χ0n) is 16.0. The van der Waals surface area contributed by atoms with Crippen molar-refractivity contribution in [2.24, 2.45) is 5.92 Å². The summed E-state index contributed by atoms with van der Waals surface area (Å²) in [5, 5.41) is 47.8. The number of carboxylic acids is 3. The highest BCUT2D eigenvalue weighted by Gasteiger charge is 2.33. The molecule has 3 rings (SSSR count). The lowest BCUT2D eigenvalue weighted by Gasteiger charge is -2.24. The zero-order chi connectivity index (χ0) is 22.9. The molecule has 1 aliphatic carbocycles. The van der Waals surface area contributed by atoms with Crippen LogP contribution < -0.4 is 0 Å². The molecule has 0 spiro atoms. The highest BCUT2D eigenvalue weighted by Crippen LogP contribution is 2.38. The first-order valence-electron chi connectivity index (χ1n) is 9.21. The quantitative estimate of drug-likeness (QED) is 0.451. The van der Waals surface area contributed by atoms with Crippen LogP contribution in [0.4, 0.5) is 0 Å². The molecular formula is C22H18O9. The number of rotatable bonds is 5. The monoisotopic (exact) mass is 426 g/mol. The van der Waals surface area contributed by atoms with Crippen LogP contribution in [0.25, 0.3) is 5.57 Å². The Balaban J connectivity index is 2.28. The summed E-state index contributed by atoms with van der Waals surface area (Å²) in [7, 11) is 0. The second-order valence-corrected chi connectivity index (χ2v) is 7.11. The number of benzene rings is 2. The summed E-state index contributed by atoms with van der Waals surface area (Å²) in [5.74, 6) is -6.70. The summed E-state index contributed by atoms with van der Waals surface area (Å²) < 4.78 is 0. The lowest BCUT2D eigenvalue weighted by Crippen LogP contribution is -2.28. The summed E-state index contributed by atoms with van der Waals surface area (Å²) >= 11 is 0. The SMILES string of the molecule is O=C(O)c1cc(C(=C2CCC(=O)[C@@H](C(=O)O)C2)c2ccc(O)c(C(=O)O)c2)ccc1O. The van der Waals surface area contributed by atoms with Crippen molar-refractivity contribution in [1.29, 1.82) is 0 Å². The average molecular weight is 426 g/mol. The van der Waals surface area contributed by atoms with Crippen molar-refractivity contribution >= 4 is 29.3 Å². The van der Waals surface area contributed by atoms with Crippen LogP contribution in [0.3, 0.4) is 0 Å². The van der Waals surface area contributed by atoms with Crippen LogP contribution in [0.1, 0.15) is 51.1 Å². The Labute approximate surface area is 175 Å². The normalized spacial score (nSPS) is 16.1. The molecule has 0 saturated heterocycles. The molecule has 1 aliphatic rings. The summed E-state index contributed by atoms with van der Waals surface area (Å²) in [5.41, 5.74) is 0.681. The van der Waals surface area contributed by atoms with Gasteiger partial charge in [-0.05, 0) is 53.8 Å². The van der Waals surface area contributed by atoms with Crippen LogP contribution in [0, 0.1) is 5.92 Å². The van der Waals surface area contributed by atoms with E-state index in [2.05, 4.69) is 0 Å². The minimum absolute atomic E-state index is 0.0382. The van der Waals surface area contributed by atoms with E-state index in [-0.39, 0.29) is 19.3 Å². The maximum atomic E-state index is 12.0. The lowest BCUT2D eigenvalue weighted by molar-refractivity contribution is -0.146. The molecule has 0 bridgehead atoms. The smallest absolute Gasteiger partial charge is 0.339 e. The summed E-state index contributed by atoms with van der Waals surface area (Å²) in [6.07, 6.45) is 0.0319. The molecule has 5 N–H and O–H groups in total. The predicted molar refractivity (Wildman–Crippen MR) is 106 cm³/mol. The zero-order valence-corrected chi connectivity index (χ0v) is 16.0.